The third kappa shape index (κ3) is 6.21. The predicted octanol–water partition coefficient (Wildman–Crippen LogP) is 4.40. The smallest absolute Gasteiger partial charge is 0.331 e. The summed E-state index contributed by atoms with van der Waals surface area (Å²) >= 11 is 1.52. The third-order valence-electron chi connectivity index (χ3n) is 4.09. The van der Waals surface area contributed by atoms with Gasteiger partial charge in [0.2, 0.25) is 0 Å². The average Bonchev–Trinajstić information content (AvgIpc) is 3.25. The monoisotopic (exact) mass is 391 g/mol. The van der Waals surface area contributed by atoms with Crippen molar-refractivity contribution in [3.63, 3.8) is 0 Å². The van der Waals surface area contributed by atoms with E-state index in [9.17, 15) is 9.59 Å². The second kappa shape index (κ2) is 10.2. The lowest BCUT2D eigenvalue weighted by Gasteiger charge is -2.19. The first-order valence-electron chi connectivity index (χ1n) is 8.97. The average molecular weight is 391 g/mol. The quantitative estimate of drug-likeness (QED) is 0.457. The summed E-state index contributed by atoms with van der Waals surface area (Å²) in [6.45, 7) is -0.314. The number of carbonyl (C=O) groups is 2. The van der Waals surface area contributed by atoms with Gasteiger partial charge >= 0.3 is 5.97 Å². The molecule has 0 saturated heterocycles. The zero-order valence-electron chi connectivity index (χ0n) is 15.3. The molecule has 0 aliphatic carbocycles. The van der Waals surface area contributed by atoms with Gasteiger partial charge in [-0.15, -0.1) is 11.3 Å². The van der Waals surface area contributed by atoms with Crippen LogP contribution in [0.1, 0.15) is 22.0 Å². The zero-order valence-corrected chi connectivity index (χ0v) is 16.1. The number of benzene rings is 2. The number of rotatable bonds is 8. The van der Waals surface area contributed by atoms with E-state index in [2.05, 4.69) is 5.32 Å². The molecule has 3 rings (SSSR count). The lowest BCUT2D eigenvalue weighted by Crippen LogP contribution is -2.33. The van der Waals surface area contributed by atoms with E-state index in [0.717, 1.165) is 16.0 Å². The molecule has 0 fully saturated rings. The molecule has 142 valence electrons. The van der Waals surface area contributed by atoms with E-state index in [4.69, 9.17) is 4.74 Å². The molecule has 3 aromatic rings. The lowest BCUT2D eigenvalue weighted by atomic mass is 9.99. The number of nitrogens with one attached hydrogen (secondary N) is 1. The van der Waals surface area contributed by atoms with Crippen LogP contribution in [0, 0.1) is 0 Å². The van der Waals surface area contributed by atoms with Crippen LogP contribution in [0.5, 0.6) is 0 Å². The van der Waals surface area contributed by atoms with Crippen molar-refractivity contribution in [2.75, 3.05) is 6.61 Å². The van der Waals surface area contributed by atoms with Crippen LogP contribution in [-0.2, 0) is 20.7 Å². The first-order chi connectivity index (χ1) is 13.7. The minimum absolute atomic E-state index is 0.198. The maximum atomic E-state index is 12.3. The van der Waals surface area contributed by atoms with Crippen molar-refractivity contribution in [2.24, 2.45) is 0 Å². The van der Waals surface area contributed by atoms with Crippen LogP contribution in [0.3, 0.4) is 0 Å². The van der Waals surface area contributed by atoms with E-state index >= 15 is 0 Å². The molecule has 1 N–H and O–H groups in total. The van der Waals surface area contributed by atoms with Crippen LogP contribution in [0.25, 0.3) is 6.08 Å². The van der Waals surface area contributed by atoms with E-state index in [-0.39, 0.29) is 18.6 Å². The first kappa shape index (κ1) is 19.6. The number of hydrogen-bond donors (Lipinski definition) is 1. The van der Waals surface area contributed by atoms with E-state index in [1.807, 2.05) is 78.2 Å². The Morgan fingerprint density at radius 1 is 0.964 bits per heavy atom. The molecule has 0 saturated carbocycles. The van der Waals surface area contributed by atoms with Gasteiger partial charge in [-0.2, -0.15) is 0 Å². The lowest BCUT2D eigenvalue weighted by molar-refractivity contribution is -0.144. The molecule has 1 heterocycles. The van der Waals surface area contributed by atoms with Crippen LogP contribution in [0.2, 0.25) is 0 Å². The maximum absolute atomic E-state index is 12.3. The van der Waals surface area contributed by atoms with Crippen LogP contribution < -0.4 is 5.32 Å². The number of amides is 1. The molecular weight excluding hydrogens is 370 g/mol. The molecule has 2 aromatic carbocycles. The molecule has 0 unspecified atom stereocenters. The fourth-order valence-electron chi connectivity index (χ4n) is 2.74. The van der Waals surface area contributed by atoms with Crippen molar-refractivity contribution in [3.8, 4) is 0 Å². The summed E-state index contributed by atoms with van der Waals surface area (Å²) in [5, 5.41) is 4.89. The van der Waals surface area contributed by atoms with Crippen molar-refractivity contribution in [1.29, 1.82) is 0 Å². The second-order valence-electron chi connectivity index (χ2n) is 6.18. The van der Waals surface area contributed by atoms with Gasteiger partial charge in [0.05, 0.1) is 6.04 Å². The van der Waals surface area contributed by atoms with Gasteiger partial charge in [0.15, 0.2) is 6.61 Å². The van der Waals surface area contributed by atoms with E-state index in [1.165, 1.54) is 17.4 Å². The summed E-state index contributed by atoms with van der Waals surface area (Å²) in [5.74, 6) is -0.870. The van der Waals surface area contributed by atoms with Gasteiger partial charge in [-0.1, -0.05) is 66.7 Å². The maximum Gasteiger partial charge on any atom is 0.331 e. The Balaban J connectivity index is 1.57. The van der Waals surface area contributed by atoms with E-state index in [1.54, 1.807) is 6.08 Å². The number of thiophene rings is 1. The molecule has 0 aliphatic rings. The minimum Gasteiger partial charge on any atom is -0.452 e. The van der Waals surface area contributed by atoms with Gasteiger partial charge < -0.3 is 10.1 Å². The molecule has 5 heteroatoms. The SMILES string of the molecule is O=C(COC(=O)/C=C/c1cccs1)N[C@H](Cc1ccccc1)c1ccccc1. The Hall–Kier alpha value is -3.18. The number of carbonyl (C=O) groups excluding carboxylic acids is 2. The van der Waals surface area contributed by atoms with Crippen molar-refractivity contribution < 1.29 is 14.3 Å². The van der Waals surface area contributed by atoms with E-state index in [0.29, 0.717) is 6.42 Å². The van der Waals surface area contributed by atoms with Gasteiger partial charge in [0.1, 0.15) is 0 Å². The standard InChI is InChI=1S/C23H21NO3S/c25-22(17-27-23(26)14-13-20-12-7-15-28-20)24-21(19-10-5-2-6-11-19)16-18-8-3-1-4-9-18/h1-15,21H,16-17H2,(H,24,25)/b14-13+/t21-/m1/s1. The van der Waals surface area contributed by atoms with Crippen molar-refractivity contribution in [1.82, 2.24) is 5.32 Å². The molecule has 1 atom stereocenters. The summed E-state index contributed by atoms with van der Waals surface area (Å²) in [5.41, 5.74) is 2.12. The molecule has 0 bridgehead atoms. The topological polar surface area (TPSA) is 55.4 Å². The Kier molecular flexibility index (Phi) is 7.15. The van der Waals surface area contributed by atoms with Crippen molar-refractivity contribution >= 4 is 29.3 Å². The third-order valence-corrected chi connectivity index (χ3v) is 4.93. The molecule has 0 aliphatic heterocycles. The number of ether oxygens (including phenoxy) is 1. The summed E-state index contributed by atoms with van der Waals surface area (Å²) in [6.07, 6.45) is 3.66. The summed E-state index contributed by atoms with van der Waals surface area (Å²) in [4.78, 5) is 25.1. The highest BCUT2D eigenvalue weighted by Crippen LogP contribution is 2.18. The molecule has 1 amide bonds. The Labute approximate surface area is 168 Å². The summed E-state index contributed by atoms with van der Waals surface area (Å²) in [6, 6.07) is 23.3. The zero-order chi connectivity index (χ0) is 19.6. The predicted molar refractivity (Wildman–Crippen MR) is 112 cm³/mol. The van der Waals surface area contributed by atoms with Gasteiger partial charge in [-0.3, -0.25) is 4.79 Å². The van der Waals surface area contributed by atoms with Crippen molar-refractivity contribution in [2.45, 2.75) is 12.5 Å². The Morgan fingerprint density at radius 2 is 1.68 bits per heavy atom. The fourth-order valence-corrected chi connectivity index (χ4v) is 3.36. The molecular formula is C23H21NO3S. The van der Waals surface area contributed by atoms with Gasteiger partial charge in [-0.05, 0) is 35.1 Å². The van der Waals surface area contributed by atoms with Gasteiger partial charge in [-0.25, -0.2) is 4.79 Å². The molecule has 0 radical (unpaired) electrons. The van der Waals surface area contributed by atoms with Crippen molar-refractivity contribution in [3.05, 3.63) is 100 Å². The first-order valence-corrected chi connectivity index (χ1v) is 9.85. The normalized spacial score (nSPS) is 11.9. The number of hydrogen-bond acceptors (Lipinski definition) is 4. The number of esters is 1. The fraction of sp³-hybridized carbons (Fsp3) is 0.130. The summed E-state index contributed by atoms with van der Waals surface area (Å²) < 4.78 is 5.06. The van der Waals surface area contributed by atoms with Crippen LogP contribution in [-0.4, -0.2) is 18.5 Å². The van der Waals surface area contributed by atoms with Gasteiger partial charge in [0.25, 0.3) is 5.91 Å². The van der Waals surface area contributed by atoms with Crippen LogP contribution >= 0.6 is 11.3 Å². The molecule has 1 aromatic heterocycles. The highest BCUT2D eigenvalue weighted by molar-refractivity contribution is 7.10. The second-order valence-corrected chi connectivity index (χ2v) is 7.16. The minimum atomic E-state index is -0.539. The highest BCUT2D eigenvalue weighted by atomic mass is 32.1. The Morgan fingerprint density at radius 3 is 2.36 bits per heavy atom. The highest BCUT2D eigenvalue weighted by Gasteiger charge is 2.16. The molecule has 0 spiro atoms. The van der Waals surface area contributed by atoms with Crippen LogP contribution in [0.15, 0.2) is 84.3 Å². The van der Waals surface area contributed by atoms with Crippen LogP contribution in [0.4, 0.5) is 0 Å². The van der Waals surface area contributed by atoms with E-state index < -0.39 is 5.97 Å². The largest absolute Gasteiger partial charge is 0.452 e. The molecule has 4 nitrogen and oxygen atoms in total. The molecule has 28 heavy (non-hydrogen) atoms. The Bertz CT molecular complexity index is 906. The van der Waals surface area contributed by atoms with Gasteiger partial charge in [0, 0.05) is 11.0 Å². The summed E-state index contributed by atoms with van der Waals surface area (Å²) in [7, 11) is 0.